The van der Waals surface area contributed by atoms with Gasteiger partial charge in [-0.05, 0) is 30.3 Å². The van der Waals surface area contributed by atoms with Gasteiger partial charge in [-0.25, -0.2) is 4.68 Å². The van der Waals surface area contributed by atoms with E-state index in [9.17, 15) is 0 Å². The van der Waals surface area contributed by atoms with Crippen LogP contribution >= 0.6 is 11.6 Å². The standard InChI is InChI=1S/C16H14ClN3O/c17-13-5-7-14(8-6-13)20-10-9-16(19-20)21-11-12-3-1-2-4-15(12)18/h1-10H,11,18H2. The van der Waals surface area contributed by atoms with Gasteiger partial charge in [0.25, 0.3) is 0 Å². The molecule has 0 spiro atoms. The van der Waals surface area contributed by atoms with E-state index in [0.29, 0.717) is 17.5 Å². The lowest BCUT2D eigenvalue weighted by Crippen LogP contribution is -2.01. The summed E-state index contributed by atoms with van der Waals surface area (Å²) < 4.78 is 7.40. The summed E-state index contributed by atoms with van der Waals surface area (Å²) in [7, 11) is 0. The molecule has 0 amide bonds. The van der Waals surface area contributed by atoms with Gasteiger partial charge < -0.3 is 10.5 Å². The fourth-order valence-corrected chi connectivity index (χ4v) is 2.07. The minimum Gasteiger partial charge on any atom is -0.472 e. The van der Waals surface area contributed by atoms with Gasteiger partial charge in [0, 0.05) is 28.5 Å². The van der Waals surface area contributed by atoms with E-state index in [4.69, 9.17) is 22.1 Å². The van der Waals surface area contributed by atoms with Crippen LogP contribution in [0, 0.1) is 0 Å². The van der Waals surface area contributed by atoms with Gasteiger partial charge in [0.05, 0.1) is 5.69 Å². The van der Waals surface area contributed by atoms with Crippen molar-refractivity contribution in [2.75, 3.05) is 5.73 Å². The van der Waals surface area contributed by atoms with Gasteiger partial charge >= 0.3 is 0 Å². The number of hydrogen-bond acceptors (Lipinski definition) is 3. The Kier molecular flexibility index (Phi) is 3.79. The lowest BCUT2D eigenvalue weighted by Gasteiger charge is -2.06. The zero-order chi connectivity index (χ0) is 14.7. The Labute approximate surface area is 127 Å². The Morgan fingerprint density at radius 3 is 2.57 bits per heavy atom. The molecule has 0 aliphatic rings. The Morgan fingerprint density at radius 1 is 1.05 bits per heavy atom. The highest BCUT2D eigenvalue weighted by atomic mass is 35.5. The SMILES string of the molecule is Nc1ccccc1COc1ccn(-c2ccc(Cl)cc2)n1. The second-order valence-corrected chi connectivity index (χ2v) is 5.00. The molecule has 0 saturated carbocycles. The third kappa shape index (κ3) is 3.17. The summed E-state index contributed by atoms with van der Waals surface area (Å²) >= 11 is 5.87. The summed E-state index contributed by atoms with van der Waals surface area (Å²) in [4.78, 5) is 0. The molecule has 21 heavy (non-hydrogen) atoms. The molecule has 0 atom stereocenters. The Balaban J connectivity index is 1.71. The highest BCUT2D eigenvalue weighted by Gasteiger charge is 2.04. The maximum Gasteiger partial charge on any atom is 0.233 e. The number of hydrogen-bond donors (Lipinski definition) is 1. The summed E-state index contributed by atoms with van der Waals surface area (Å²) in [6, 6.07) is 16.9. The normalized spacial score (nSPS) is 10.5. The topological polar surface area (TPSA) is 53.1 Å². The van der Waals surface area contributed by atoms with Gasteiger partial charge in [0.2, 0.25) is 5.88 Å². The minimum absolute atomic E-state index is 0.393. The van der Waals surface area contributed by atoms with Crippen molar-refractivity contribution in [1.29, 1.82) is 0 Å². The minimum atomic E-state index is 0.393. The lowest BCUT2D eigenvalue weighted by molar-refractivity contribution is 0.292. The van der Waals surface area contributed by atoms with Crippen LogP contribution in [0.2, 0.25) is 5.02 Å². The maximum absolute atomic E-state index is 5.88. The molecule has 0 radical (unpaired) electrons. The molecule has 4 nitrogen and oxygen atoms in total. The molecule has 5 heteroatoms. The van der Waals surface area contributed by atoms with E-state index in [-0.39, 0.29) is 0 Å². The Bertz CT molecular complexity index is 737. The summed E-state index contributed by atoms with van der Waals surface area (Å²) in [5.74, 6) is 0.549. The first-order valence-corrected chi connectivity index (χ1v) is 6.88. The number of halogens is 1. The fourth-order valence-electron chi connectivity index (χ4n) is 1.94. The molecule has 1 heterocycles. The number of rotatable bonds is 4. The number of benzene rings is 2. The summed E-state index contributed by atoms with van der Waals surface area (Å²) in [5.41, 5.74) is 8.46. The number of nitrogens with zero attached hydrogens (tertiary/aromatic N) is 2. The highest BCUT2D eigenvalue weighted by molar-refractivity contribution is 6.30. The molecular weight excluding hydrogens is 286 g/mol. The van der Waals surface area contributed by atoms with Crippen molar-refractivity contribution >= 4 is 17.3 Å². The molecule has 0 aliphatic carbocycles. The van der Waals surface area contributed by atoms with Crippen LogP contribution in [-0.2, 0) is 6.61 Å². The van der Waals surface area contributed by atoms with Gasteiger partial charge in [-0.15, -0.1) is 5.10 Å². The van der Waals surface area contributed by atoms with E-state index in [0.717, 1.165) is 16.9 Å². The molecule has 106 valence electrons. The van der Waals surface area contributed by atoms with Crippen molar-refractivity contribution in [3.8, 4) is 11.6 Å². The smallest absolute Gasteiger partial charge is 0.233 e. The number of aromatic nitrogens is 2. The monoisotopic (exact) mass is 299 g/mol. The molecule has 0 unspecified atom stereocenters. The molecule has 3 aromatic rings. The van der Waals surface area contributed by atoms with Crippen LogP contribution in [0.5, 0.6) is 5.88 Å². The van der Waals surface area contributed by atoms with E-state index in [1.54, 1.807) is 4.68 Å². The predicted molar refractivity (Wildman–Crippen MR) is 83.8 cm³/mol. The maximum atomic E-state index is 5.88. The van der Waals surface area contributed by atoms with Crippen molar-refractivity contribution in [2.24, 2.45) is 0 Å². The van der Waals surface area contributed by atoms with Crippen molar-refractivity contribution in [1.82, 2.24) is 9.78 Å². The van der Waals surface area contributed by atoms with Crippen molar-refractivity contribution in [3.05, 3.63) is 71.4 Å². The van der Waals surface area contributed by atoms with Gasteiger partial charge in [0.15, 0.2) is 0 Å². The van der Waals surface area contributed by atoms with Crippen LogP contribution < -0.4 is 10.5 Å². The van der Waals surface area contributed by atoms with Crippen LogP contribution in [0.3, 0.4) is 0 Å². The van der Waals surface area contributed by atoms with Crippen molar-refractivity contribution in [2.45, 2.75) is 6.61 Å². The van der Waals surface area contributed by atoms with Crippen LogP contribution in [0.25, 0.3) is 5.69 Å². The first kappa shape index (κ1) is 13.5. The second kappa shape index (κ2) is 5.89. The first-order valence-electron chi connectivity index (χ1n) is 6.50. The van der Waals surface area contributed by atoms with E-state index >= 15 is 0 Å². The van der Waals surface area contributed by atoms with Crippen LogP contribution in [0.15, 0.2) is 60.8 Å². The van der Waals surface area contributed by atoms with E-state index in [2.05, 4.69) is 5.10 Å². The van der Waals surface area contributed by atoms with Crippen LogP contribution in [0.4, 0.5) is 5.69 Å². The molecule has 2 N–H and O–H groups in total. The van der Waals surface area contributed by atoms with Crippen LogP contribution in [0.1, 0.15) is 5.56 Å². The first-order chi connectivity index (χ1) is 10.2. The van der Waals surface area contributed by atoms with E-state index in [1.165, 1.54) is 0 Å². The molecule has 0 bridgehead atoms. The molecule has 0 fully saturated rings. The van der Waals surface area contributed by atoms with Gasteiger partial charge in [-0.1, -0.05) is 29.8 Å². The molecular formula is C16H14ClN3O. The summed E-state index contributed by atoms with van der Waals surface area (Å²) in [6.45, 7) is 0.393. The number of nitrogens with two attached hydrogens (primary N) is 1. The summed E-state index contributed by atoms with van der Waals surface area (Å²) in [5, 5.41) is 5.06. The van der Waals surface area contributed by atoms with E-state index in [1.807, 2.05) is 60.8 Å². The molecule has 1 aromatic heterocycles. The van der Waals surface area contributed by atoms with Gasteiger partial charge in [-0.2, -0.15) is 0 Å². The fraction of sp³-hybridized carbons (Fsp3) is 0.0625. The third-order valence-electron chi connectivity index (χ3n) is 3.09. The molecule has 0 saturated heterocycles. The molecule has 0 aliphatic heterocycles. The zero-order valence-electron chi connectivity index (χ0n) is 11.2. The average molecular weight is 300 g/mol. The highest BCUT2D eigenvalue weighted by Crippen LogP contribution is 2.17. The molecule has 3 rings (SSSR count). The number of nitrogen functional groups attached to an aromatic ring is 1. The average Bonchev–Trinajstić information content (AvgIpc) is 2.96. The second-order valence-electron chi connectivity index (χ2n) is 4.56. The lowest BCUT2D eigenvalue weighted by atomic mass is 10.2. The van der Waals surface area contributed by atoms with Crippen LogP contribution in [-0.4, -0.2) is 9.78 Å². The van der Waals surface area contributed by atoms with Crippen molar-refractivity contribution < 1.29 is 4.74 Å². The molecule has 2 aromatic carbocycles. The van der Waals surface area contributed by atoms with Crippen molar-refractivity contribution in [3.63, 3.8) is 0 Å². The number of anilines is 1. The van der Waals surface area contributed by atoms with E-state index < -0.39 is 0 Å². The Morgan fingerprint density at radius 2 is 1.81 bits per heavy atom. The quantitative estimate of drug-likeness (QED) is 0.748. The summed E-state index contributed by atoms with van der Waals surface area (Å²) in [6.07, 6.45) is 1.84. The zero-order valence-corrected chi connectivity index (χ0v) is 12.0. The van der Waals surface area contributed by atoms with Gasteiger partial charge in [-0.3, -0.25) is 0 Å². The predicted octanol–water partition coefficient (Wildman–Crippen LogP) is 3.69. The number of ether oxygens (including phenoxy) is 1. The third-order valence-corrected chi connectivity index (χ3v) is 3.34. The Hall–Kier alpha value is -2.46. The largest absolute Gasteiger partial charge is 0.472 e. The number of para-hydroxylation sites is 1. The van der Waals surface area contributed by atoms with Gasteiger partial charge in [0.1, 0.15) is 6.61 Å².